The number of sulfonamides is 1. The maximum atomic E-state index is 12.6. The van der Waals surface area contributed by atoms with E-state index in [1.807, 2.05) is 20.8 Å². The van der Waals surface area contributed by atoms with E-state index in [4.69, 9.17) is 4.74 Å². The van der Waals surface area contributed by atoms with Crippen LogP contribution in [0, 0.1) is 12.8 Å². The van der Waals surface area contributed by atoms with Crippen LogP contribution in [0.3, 0.4) is 0 Å². The lowest BCUT2D eigenvalue weighted by molar-refractivity contribution is -0.125. The largest absolute Gasteiger partial charge is 0.377 e. The highest BCUT2D eigenvalue weighted by atomic mass is 32.2. The minimum atomic E-state index is -3.77. The number of benzene rings is 1. The standard InChI is InChI=1S/C17H27N3O4S/c1-12(2)10-15(17(21)19-16-11-24-9-8-18-16)20-25(22,23)14-6-4-13(3)5-7-14/h4-7,12,15-16,18,20H,8-11H2,1-3H3,(H,19,21)/t15-,16?/m0/s1. The zero-order valence-corrected chi connectivity index (χ0v) is 15.7. The molecule has 0 aliphatic carbocycles. The molecule has 1 fully saturated rings. The first-order chi connectivity index (χ1) is 11.8. The first kappa shape index (κ1) is 19.8. The Bertz CT molecular complexity index is 668. The van der Waals surface area contributed by atoms with Crippen molar-refractivity contribution in [2.24, 2.45) is 5.92 Å². The average Bonchev–Trinajstić information content (AvgIpc) is 2.55. The van der Waals surface area contributed by atoms with E-state index < -0.39 is 16.1 Å². The summed E-state index contributed by atoms with van der Waals surface area (Å²) in [5.41, 5.74) is 0.971. The van der Waals surface area contributed by atoms with E-state index >= 15 is 0 Å². The van der Waals surface area contributed by atoms with Crippen LogP contribution < -0.4 is 15.4 Å². The van der Waals surface area contributed by atoms with Gasteiger partial charge < -0.3 is 10.1 Å². The molecule has 1 aromatic rings. The van der Waals surface area contributed by atoms with E-state index in [-0.39, 0.29) is 22.9 Å². The molecule has 2 rings (SSSR count). The second kappa shape index (κ2) is 8.75. The zero-order chi connectivity index (χ0) is 18.4. The van der Waals surface area contributed by atoms with Crippen LogP contribution >= 0.6 is 0 Å². The summed E-state index contributed by atoms with van der Waals surface area (Å²) in [5, 5.41) is 5.93. The number of hydrogen-bond donors (Lipinski definition) is 3. The van der Waals surface area contributed by atoms with E-state index in [2.05, 4.69) is 15.4 Å². The lowest BCUT2D eigenvalue weighted by Crippen LogP contribution is -2.57. The number of ether oxygens (including phenoxy) is 1. The van der Waals surface area contributed by atoms with E-state index in [1.165, 1.54) is 0 Å². The molecule has 3 N–H and O–H groups in total. The molecule has 2 atom stereocenters. The molecule has 0 aromatic heterocycles. The Morgan fingerprint density at radius 3 is 2.56 bits per heavy atom. The fourth-order valence-electron chi connectivity index (χ4n) is 2.58. The summed E-state index contributed by atoms with van der Waals surface area (Å²) in [6.07, 6.45) is 0.101. The zero-order valence-electron chi connectivity index (χ0n) is 14.9. The summed E-state index contributed by atoms with van der Waals surface area (Å²) in [4.78, 5) is 12.7. The molecule has 1 unspecified atom stereocenters. The Kier molecular flexibility index (Phi) is 6.95. The summed E-state index contributed by atoms with van der Waals surface area (Å²) in [6, 6.07) is 5.71. The predicted octanol–water partition coefficient (Wildman–Crippen LogP) is 0.750. The van der Waals surface area contributed by atoms with Crippen molar-refractivity contribution in [3.63, 3.8) is 0 Å². The Morgan fingerprint density at radius 2 is 2.00 bits per heavy atom. The summed E-state index contributed by atoms with van der Waals surface area (Å²) < 4.78 is 33.1. The third-order valence-electron chi connectivity index (χ3n) is 3.89. The van der Waals surface area contributed by atoms with Gasteiger partial charge in [-0.2, -0.15) is 4.72 Å². The normalized spacial score (nSPS) is 19.6. The number of rotatable bonds is 7. The van der Waals surface area contributed by atoms with Gasteiger partial charge in [-0.05, 0) is 31.4 Å². The van der Waals surface area contributed by atoms with Gasteiger partial charge in [0.15, 0.2) is 0 Å². The first-order valence-corrected chi connectivity index (χ1v) is 9.97. The first-order valence-electron chi connectivity index (χ1n) is 8.48. The summed E-state index contributed by atoms with van der Waals surface area (Å²) >= 11 is 0. The highest BCUT2D eigenvalue weighted by molar-refractivity contribution is 7.89. The van der Waals surface area contributed by atoms with Gasteiger partial charge in [0.25, 0.3) is 0 Å². The molecule has 0 radical (unpaired) electrons. The molecule has 0 spiro atoms. The maximum absolute atomic E-state index is 12.6. The number of carbonyl (C=O) groups excluding carboxylic acids is 1. The van der Waals surface area contributed by atoms with E-state index in [0.29, 0.717) is 26.2 Å². The Hall–Kier alpha value is -1.48. The molecule has 25 heavy (non-hydrogen) atoms. The molecule has 1 aromatic carbocycles. The Balaban J connectivity index is 2.10. The molecular formula is C17H27N3O4S. The predicted molar refractivity (Wildman–Crippen MR) is 95.5 cm³/mol. The number of aryl methyl sites for hydroxylation is 1. The fraction of sp³-hybridized carbons (Fsp3) is 0.588. The second-order valence-corrected chi connectivity index (χ2v) is 8.42. The molecule has 1 aliphatic heterocycles. The Morgan fingerprint density at radius 1 is 1.32 bits per heavy atom. The lowest BCUT2D eigenvalue weighted by atomic mass is 10.0. The highest BCUT2D eigenvalue weighted by Crippen LogP contribution is 2.13. The van der Waals surface area contributed by atoms with Gasteiger partial charge >= 0.3 is 0 Å². The average molecular weight is 369 g/mol. The molecule has 1 amide bonds. The minimum absolute atomic E-state index is 0.152. The van der Waals surface area contributed by atoms with Crippen LogP contribution in [0.1, 0.15) is 25.8 Å². The van der Waals surface area contributed by atoms with Crippen molar-refractivity contribution in [1.82, 2.24) is 15.4 Å². The molecule has 7 nitrogen and oxygen atoms in total. The molecule has 1 saturated heterocycles. The SMILES string of the molecule is Cc1ccc(S(=O)(=O)N[C@@H](CC(C)C)C(=O)NC2COCCN2)cc1. The van der Waals surface area contributed by atoms with E-state index in [9.17, 15) is 13.2 Å². The van der Waals surface area contributed by atoms with Crippen LogP contribution in [0.4, 0.5) is 0 Å². The van der Waals surface area contributed by atoms with Gasteiger partial charge in [-0.3, -0.25) is 10.1 Å². The third-order valence-corrected chi connectivity index (χ3v) is 5.38. The van der Waals surface area contributed by atoms with Crippen molar-refractivity contribution in [1.29, 1.82) is 0 Å². The summed E-state index contributed by atoms with van der Waals surface area (Å²) in [7, 11) is -3.77. The van der Waals surface area contributed by atoms with Crippen LogP contribution in [-0.4, -0.2) is 46.3 Å². The van der Waals surface area contributed by atoms with Gasteiger partial charge in [0.1, 0.15) is 12.2 Å². The smallest absolute Gasteiger partial charge is 0.241 e. The van der Waals surface area contributed by atoms with Gasteiger partial charge in [0, 0.05) is 6.54 Å². The van der Waals surface area contributed by atoms with Gasteiger partial charge in [-0.15, -0.1) is 0 Å². The molecule has 1 heterocycles. The van der Waals surface area contributed by atoms with Crippen molar-refractivity contribution in [2.45, 2.75) is 44.3 Å². The van der Waals surface area contributed by atoms with Gasteiger partial charge in [-0.1, -0.05) is 31.5 Å². The molecular weight excluding hydrogens is 342 g/mol. The van der Waals surface area contributed by atoms with E-state index in [0.717, 1.165) is 5.56 Å². The van der Waals surface area contributed by atoms with Crippen LogP contribution in [0.5, 0.6) is 0 Å². The lowest BCUT2D eigenvalue weighted by Gasteiger charge is -2.27. The van der Waals surface area contributed by atoms with Crippen molar-refractivity contribution >= 4 is 15.9 Å². The van der Waals surface area contributed by atoms with Crippen LogP contribution in [0.25, 0.3) is 0 Å². The van der Waals surface area contributed by atoms with Crippen LogP contribution in [0.15, 0.2) is 29.2 Å². The van der Waals surface area contributed by atoms with Gasteiger partial charge in [0.2, 0.25) is 15.9 Å². The number of carbonyl (C=O) groups is 1. The molecule has 0 bridgehead atoms. The summed E-state index contributed by atoms with van der Waals surface area (Å²) in [6.45, 7) is 7.39. The minimum Gasteiger partial charge on any atom is -0.377 e. The van der Waals surface area contributed by atoms with Crippen LogP contribution in [-0.2, 0) is 19.6 Å². The number of hydrogen-bond acceptors (Lipinski definition) is 5. The third kappa shape index (κ3) is 6.07. The topological polar surface area (TPSA) is 96.5 Å². The van der Waals surface area contributed by atoms with Crippen molar-refractivity contribution in [2.75, 3.05) is 19.8 Å². The monoisotopic (exact) mass is 369 g/mol. The van der Waals surface area contributed by atoms with Crippen molar-refractivity contribution in [3.8, 4) is 0 Å². The van der Waals surface area contributed by atoms with Crippen molar-refractivity contribution in [3.05, 3.63) is 29.8 Å². The number of amides is 1. The fourth-order valence-corrected chi connectivity index (χ4v) is 3.79. The van der Waals surface area contributed by atoms with Gasteiger partial charge in [-0.25, -0.2) is 8.42 Å². The van der Waals surface area contributed by atoms with Gasteiger partial charge in [0.05, 0.1) is 18.1 Å². The number of morpholine rings is 1. The maximum Gasteiger partial charge on any atom is 0.241 e. The molecule has 1 aliphatic rings. The highest BCUT2D eigenvalue weighted by Gasteiger charge is 2.28. The Labute approximate surface area is 149 Å². The quantitative estimate of drug-likeness (QED) is 0.659. The second-order valence-electron chi connectivity index (χ2n) is 6.71. The number of nitrogens with one attached hydrogen (secondary N) is 3. The molecule has 140 valence electrons. The molecule has 0 saturated carbocycles. The van der Waals surface area contributed by atoms with Crippen LogP contribution in [0.2, 0.25) is 0 Å². The molecule has 8 heteroatoms. The summed E-state index contributed by atoms with van der Waals surface area (Å²) in [5.74, 6) is -0.195. The van der Waals surface area contributed by atoms with E-state index in [1.54, 1.807) is 24.3 Å². The van der Waals surface area contributed by atoms with Crippen molar-refractivity contribution < 1.29 is 17.9 Å².